The monoisotopic (exact) mass is 381 g/mol. The molecular formula is C16H12FNO7S. The van der Waals surface area contributed by atoms with Gasteiger partial charge in [0, 0.05) is 17.9 Å². The van der Waals surface area contributed by atoms with Crippen LogP contribution < -0.4 is 0 Å². The number of nitrogens with zero attached hydrogens (tertiary/aromatic N) is 1. The largest absolute Gasteiger partial charge is 0.454 e. The molecule has 0 aliphatic heterocycles. The lowest BCUT2D eigenvalue weighted by molar-refractivity contribution is -0.387. The molecule has 10 heteroatoms. The van der Waals surface area contributed by atoms with Gasteiger partial charge in [0.2, 0.25) is 0 Å². The van der Waals surface area contributed by atoms with Crippen LogP contribution in [0.5, 0.6) is 0 Å². The molecule has 0 spiro atoms. The Morgan fingerprint density at radius 2 is 1.85 bits per heavy atom. The topological polar surface area (TPSA) is 121 Å². The summed E-state index contributed by atoms with van der Waals surface area (Å²) in [7, 11) is -3.87. The van der Waals surface area contributed by atoms with Crippen molar-refractivity contribution in [3.8, 4) is 0 Å². The Morgan fingerprint density at radius 1 is 1.15 bits per heavy atom. The van der Waals surface area contributed by atoms with E-state index in [1.165, 1.54) is 12.1 Å². The van der Waals surface area contributed by atoms with E-state index >= 15 is 0 Å². The highest BCUT2D eigenvalue weighted by molar-refractivity contribution is 7.90. The average Bonchev–Trinajstić information content (AvgIpc) is 2.58. The maximum atomic E-state index is 13.1. The van der Waals surface area contributed by atoms with Gasteiger partial charge in [-0.25, -0.2) is 17.6 Å². The molecule has 0 N–H and O–H groups in total. The van der Waals surface area contributed by atoms with E-state index in [0.29, 0.717) is 0 Å². The van der Waals surface area contributed by atoms with E-state index in [1.54, 1.807) is 0 Å². The molecule has 0 aliphatic rings. The van der Waals surface area contributed by atoms with Crippen molar-refractivity contribution in [2.24, 2.45) is 0 Å². The van der Waals surface area contributed by atoms with E-state index in [4.69, 9.17) is 4.74 Å². The van der Waals surface area contributed by atoms with Crippen LogP contribution in [0, 0.1) is 15.9 Å². The van der Waals surface area contributed by atoms with Crippen molar-refractivity contribution in [1.29, 1.82) is 0 Å². The number of hydrogen-bond donors (Lipinski definition) is 0. The number of nitro groups is 1. The number of rotatable bonds is 6. The van der Waals surface area contributed by atoms with E-state index in [1.807, 2.05) is 0 Å². The third kappa shape index (κ3) is 4.48. The summed E-state index contributed by atoms with van der Waals surface area (Å²) >= 11 is 0. The highest BCUT2D eigenvalue weighted by Gasteiger charge is 2.24. The van der Waals surface area contributed by atoms with Crippen LogP contribution in [0.4, 0.5) is 10.1 Å². The first kappa shape index (κ1) is 19.2. The number of hydrogen-bond acceptors (Lipinski definition) is 7. The Labute approximate surface area is 147 Å². The van der Waals surface area contributed by atoms with Crippen molar-refractivity contribution < 1.29 is 32.1 Å². The molecular weight excluding hydrogens is 369 g/mol. The maximum Gasteiger partial charge on any atom is 0.338 e. The predicted molar refractivity (Wildman–Crippen MR) is 87.2 cm³/mol. The lowest BCUT2D eigenvalue weighted by Crippen LogP contribution is -2.15. The number of ketones is 1. The molecule has 26 heavy (non-hydrogen) atoms. The van der Waals surface area contributed by atoms with Crippen LogP contribution >= 0.6 is 0 Å². The fourth-order valence-corrected chi connectivity index (χ4v) is 2.89. The standard InChI is InChI=1S/C16H12FNO7S/c1-26(23,24)15-6-5-11(8-13(15)18(21)22)16(20)25-9-14(19)10-3-2-4-12(17)7-10/h2-8H,9H2,1H3. The minimum atomic E-state index is -3.87. The van der Waals surface area contributed by atoms with Crippen LogP contribution in [0.1, 0.15) is 20.7 Å². The molecule has 2 rings (SSSR count). The zero-order valence-electron chi connectivity index (χ0n) is 13.3. The van der Waals surface area contributed by atoms with Gasteiger partial charge < -0.3 is 4.74 Å². The molecule has 2 aromatic carbocycles. The lowest BCUT2D eigenvalue weighted by Gasteiger charge is -2.06. The first-order valence-electron chi connectivity index (χ1n) is 7.04. The van der Waals surface area contributed by atoms with Gasteiger partial charge in [-0.05, 0) is 24.3 Å². The van der Waals surface area contributed by atoms with Crippen molar-refractivity contribution in [2.45, 2.75) is 4.90 Å². The first-order valence-corrected chi connectivity index (χ1v) is 8.93. The number of carbonyl (C=O) groups excluding carboxylic acids is 2. The molecule has 0 fully saturated rings. The van der Waals surface area contributed by atoms with Gasteiger partial charge in [0.15, 0.2) is 22.2 Å². The zero-order chi connectivity index (χ0) is 19.5. The Balaban J connectivity index is 2.18. The molecule has 2 aromatic rings. The van der Waals surface area contributed by atoms with Crippen molar-refractivity contribution in [2.75, 3.05) is 12.9 Å². The second-order valence-electron chi connectivity index (χ2n) is 5.22. The van der Waals surface area contributed by atoms with Gasteiger partial charge in [-0.2, -0.15) is 0 Å². The third-order valence-corrected chi connectivity index (χ3v) is 4.42. The molecule has 0 unspecified atom stereocenters. The Morgan fingerprint density at radius 3 is 2.42 bits per heavy atom. The van der Waals surface area contributed by atoms with Gasteiger partial charge in [-0.15, -0.1) is 0 Å². The summed E-state index contributed by atoms with van der Waals surface area (Å²) in [4.78, 5) is 33.4. The molecule has 136 valence electrons. The predicted octanol–water partition coefficient (Wildman–Crippen LogP) is 2.18. The third-order valence-electron chi connectivity index (χ3n) is 3.27. The molecule has 0 bridgehead atoms. The number of sulfone groups is 1. The second-order valence-corrected chi connectivity index (χ2v) is 7.21. The number of benzene rings is 2. The summed E-state index contributed by atoms with van der Waals surface area (Å²) < 4.78 is 40.9. The molecule has 8 nitrogen and oxygen atoms in total. The normalized spacial score (nSPS) is 11.0. The van der Waals surface area contributed by atoms with Gasteiger partial charge in [0.1, 0.15) is 10.7 Å². The van der Waals surface area contributed by atoms with Gasteiger partial charge in [-0.3, -0.25) is 14.9 Å². The summed E-state index contributed by atoms with van der Waals surface area (Å²) in [6.07, 6.45) is 0.797. The highest BCUT2D eigenvalue weighted by atomic mass is 32.2. The molecule has 0 aliphatic carbocycles. The fraction of sp³-hybridized carbons (Fsp3) is 0.125. The van der Waals surface area contributed by atoms with Crippen molar-refractivity contribution in [1.82, 2.24) is 0 Å². The average molecular weight is 381 g/mol. The fourth-order valence-electron chi connectivity index (χ4n) is 2.06. The number of esters is 1. The van der Waals surface area contributed by atoms with E-state index in [-0.39, 0.29) is 11.1 Å². The summed E-state index contributed by atoms with van der Waals surface area (Å²) in [5.74, 6) is -2.35. The van der Waals surface area contributed by atoms with Crippen LogP contribution in [0.3, 0.4) is 0 Å². The van der Waals surface area contributed by atoms with Crippen molar-refractivity contribution in [3.63, 3.8) is 0 Å². The quantitative estimate of drug-likeness (QED) is 0.325. The number of halogens is 1. The maximum absolute atomic E-state index is 13.1. The van der Waals surface area contributed by atoms with Gasteiger partial charge >= 0.3 is 5.97 Å². The van der Waals surface area contributed by atoms with Crippen LogP contribution in [0.2, 0.25) is 0 Å². The SMILES string of the molecule is CS(=O)(=O)c1ccc(C(=O)OCC(=O)c2cccc(F)c2)cc1[N+](=O)[O-]. The summed E-state index contributed by atoms with van der Waals surface area (Å²) in [5, 5.41) is 11.0. The van der Waals surface area contributed by atoms with Crippen LogP contribution in [0.25, 0.3) is 0 Å². The minimum absolute atomic E-state index is 0.00351. The van der Waals surface area contributed by atoms with Gasteiger partial charge in [-0.1, -0.05) is 12.1 Å². The molecule has 0 aromatic heterocycles. The number of Topliss-reactive ketones (excluding diaryl/α,β-unsaturated/α-hetero) is 1. The summed E-state index contributed by atoms with van der Waals surface area (Å²) in [6, 6.07) is 7.48. The summed E-state index contributed by atoms with van der Waals surface area (Å²) in [5.41, 5.74) is -1.08. The molecule has 0 saturated heterocycles. The van der Waals surface area contributed by atoms with E-state index < -0.39 is 49.5 Å². The number of nitro benzene ring substituents is 1. The molecule has 0 saturated carbocycles. The highest BCUT2D eigenvalue weighted by Crippen LogP contribution is 2.25. The van der Waals surface area contributed by atoms with Crippen molar-refractivity contribution in [3.05, 3.63) is 69.5 Å². The first-order chi connectivity index (χ1) is 12.1. The Bertz CT molecular complexity index is 1000. The van der Waals surface area contributed by atoms with Crippen LogP contribution in [0.15, 0.2) is 47.4 Å². The van der Waals surface area contributed by atoms with Crippen LogP contribution in [-0.4, -0.2) is 38.0 Å². The molecule has 0 radical (unpaired) electrons. The van der Waals surface area contributed by atoms with Gasteiger partial charge in [0.05, 0.1) is 10.5 Å². The van der Waals surface area contributed by atoms with E-state index in [9.17, 15) is 32.5 Å². The van der Waals surface area contributed by atoms with E-state index in [0.717, 1.165) is 36.6 Å². The van der Waals surface area contributed by atoms with Crippen LogP contribution in [-0.2, 0) is 14.6 Å². The second kappa shape index (κ2) is 7.40. The summed E-state index contributed by atoms with van der Waals surface area (Å²) in [6.45, 7) is -0.704. The lowest BCUT2D eigenvalue weighted by atomic mass is 10.1. The Kier molecular flexibility index (Phi) is 5.46. The number of carbonyl (C=O) groups is 2. The number of ether oxygens (including phenoxy) is 1. The minimum Gasteiger partial charge on any atom is -0.454 e. The molecule has 0 heterocycles. The molecule has 0 amide bonds. The zero-order valence-corrected chi connectivity index (χ0v) is 14.2. The Hall–Kier alpha value is -3.14. The molecule has 0 atom stereocenters. The smallest absolute Gasteiger partial charge is 0.338 e. The van der Waals surface area contributed by atoms with Gasteiger partial charge in [0.25, 0.3) is 5.69 Å². The van der Waals surface area contributed by atoms with E-state index in [2.05, 4.69) is 0 Å². The van der Waals surface area contributed by atoms with Crippen molar-refractivity contribution >= 4 is 27.3 Å².